The zero-order valence-electron chi connectivity index (χ0n) is 9.95. The van der Waals surface area contributed by atoms with Crippen molar-refractivity contribution >= 4 is 29.4 Å². The van der Waals surface area contributed by atoms with Crippen LogP contribution in [0.5, 0.6) is 0 Å². The van der Waals surface area contributed by atoms with E-state index in [0.29, 0.717) is 6.85 Å². The molecule has 4 rings (SSSR count). The van der Waals surface area contributed by atoms with Gasteiger partial charge in [-0.2, -0.15) is 0 Å². The number of anilines is 1. The number of benzene rings is 2. The van der Waals surface area contributed by atoms with Crippen LogP contribution >= 0.6 is 0 Å². The SMILES string of the molecule is C1=CB2C=Cc3c(ccc4ccccc34)N2C=C1. The molecule has 2 aliphatic rings. The normalized spacial score (nSPS) is 16.0. The van der Waals surface area contributed by atoms with Crippen LogP contribution in [0.15, 0.2) is 66.7 Å². The Balaban J connectivity index is 2.01. The Labute approximate surface area is 107 Å². The first-order chi connectivity index (χ1) is 8.93. The lowest BCUT2D eigenvalue weighted by atomic mass is 9.57. The van der Waals surface area contributed by atoms with Crippen LogP contribution in [-0.4, -0.2) is 6.85 Å². The fraction of sp³-hybridized carbons (Fsp3) is 0. The van der Waals surface area contributed by atoms with Crippen LogP contribution in [0.3, 0.4) is 0 Å². The van der Waals surface area contributed by atoms with E-state index in [2.05, 4.69) is 77.6 Å². The summed E-state index contributed by atoms with van der Waals surface area (Å²) in [5, 5.41) is 2.63. The molecule has 84 valence electrons. The molecule has 1 nitrogen and oxygen atoms in total. The van der Waals surface area contributed by atoms with Gasteiger partial charge in [0.05, 0.1) is 0 Å². The zero-order chi connectivity index (χ0) is 11.9. The summed E-state index contributed by atoms with van der Waals surface area (Å²) in [6.45, 7) is 0.365. The lowest BCUT2D eigenvalue weighted by Crippen LogP contribution is -2.35. The molecule has 0 amide bonds. The summed E-state index contributed by atoms with van der Waals surface area (Å²) in [7, 11) is 0. The molecule has 0 atom stereocenters. The summed E-state index contributed by atoms with van der Waals surface area (Å²) >= 11 is 0. The van der Waals surface area contributed by atoms with Crippen molar-refractivity contribution in [3.63, 3.8) is 0 Å². The summed E-state index contributed by atoms with van der Waals surface area (Å²) in [6.07, 6.45) is 8.61. The number of fused-ring (bicyclic) bond motifs is 5. The Kier molecular flexibility index (Phi) is 1.98. The summed E-state index contributed by atoms with van der Waals surface area (Å²) < 4.78 is 0. The first-order valence-corrected chi connectivity index (χ1v) is 6.27. The molecule has 0 saturated heterocycles. The second kappa shape index (κ2) is 3.64. The molecule has 0 bridgehead atoms. The number of allylic oxidation sites excluding steroid dienone is 2. The van der Waals surface area contributed by atoms with E-state index in [1.807, 2.05) is 0 Å². The maximum Gasteiger partial charge on any atom is 0.312 e. The molecule has 18 heavy (non-hydrogen) atoms. The van der Waals surface area contributed by atoms with Gasteiger partial charge in [-0.25, -0.2) is 0 Å². The van der Waals surface area contributed by atoms with Crippen molar-refractivity contribution in [1.82, 2.24) is 0 Å². The minimum absolute atomic E-state index is 0.365. The highest BCUT2D eigenvalue weighted by molar-refractivity contribution is 6.75. The van der Waals surface area contributed by atoms with Gasteiger partial charge in [0.2, 0.25) is 0 Å². The summed E-state index contributed by atoms with van der Waals surface area (Å²) in [5.74, 6) is 4.48. The van der Waals surface area contributed by atoms with Gasteiger partial charge >= 0.3 is 6.85 Å². The lowest BCUT2D eigenvalue weighted by molar-refractivity contribution is 1.37. The minimum atomic E-state index is 0.365. The average Bonchev–Trinajstić information content (AvgIpc) is 2.46. The third-order valence-corrected chi connectivity index (χ3v) is 3.67. The molecule has 2 aromatic carbocycles. The van der Waals surface area contributed by atoms with Crippen LogP contribution in [0.4, 0.5) is 5.69 Å². The average molecular weight is 229 g/mol. The highest BCUT2D eigenvalue weighted by atomic mass is 15.1. The van der Waals surface area contributed by atoms with Crippen LogP contribution in [-0.2, 0) is 0 Å². The third-order valence-electron chi connectivity index (χ3n) is 3.67. The maximum atomic E-state index is 2.32. The van der Waals surface area contributed by atoms with Gasteiger partial charge in [-0.05, 0) is 29.1 Å². The van der Waals surface area contributed by atoms with Crippen molar-refractivity contribution in [2.45, 2.75) is 0 Å². The van der Waals surface area contributed by atoms with Gasteiger partial charge in [0, 0.05) is 11.3 Å². The second-order valence-corrected chi connectivity index (χ2v) is 4.70. The van der Waals surface area contributed by atoms with E-state index in [4.69, 9.17) is 0 Å². The van der Waals surface area contributed by atoms with Crippen molar-refractivity contribution in [2.24, 2.45) is 0 Å². The molecule has 0 fully saturated rings. The maximum absolute atomic E-state index is 2.32. The topological polar surface area (TPSA) is 3.24 Å². The van der Waals surface area contributed by atoms with Crippen molar-refractivity contribution in [3.8, 4) is 0 Å². The largest absolute Gasteiger partial charge is 0.383 e. The van der Waals surface area contributed by atoms with E-state index in [-0.39, 0.29) is 0 Å². The molecule has 0 aliphatic carbocycles. The molecule has 2 heterocycles. The van der Waals surface area contributed by atoms with Gasteiger partial charge in [-0.15, -0.1) is 0 Å². The standard InChI is InChI=1S/C16H12BN/c1-2-6-14-13(5-1)7-8-16-15(14)9-11-17-10-3-4-12-18(16)17/h1-12H. The highest BCUT2D eigenvalue weighted by Gasteiger charge is 2.24. The molecule has 2 heteroatoms. The van der Waals surface area contributed by atoms with Gasteiger partial charge in [0.15, 0.2) is 0 Å². The van der Waals surface area contributed by atoms with E-state index in [1.54, 1.807) is 0 Å². The predicted molar refractivity (Wildman–Crippen MR) is 79.5 cm³/mol. The molecular weight excluding hydrogens is 217 g/mol. The fourth-order valence-corrected chi connectivity index (χ4v) is 2.79. The summed E-state index contributed by atoms with van der Waals surface area (Å²) in [6, 6.07) is 13.0. The van der Waals surface area contributed by atoms with Crippen LogP contribution in [0.25, 0.3) is 16.8 Å². The lowest BCUT2D eigenvalue weighted by Gasteiger charge is -2.31. The first-order valence-electron chi connectivity index (χ1n) is 6.27. The van der Waals surface area contributed by atoms with Gasteiger partial charge in [0.1, 0.15) is 0 Å². The van der Waals surface area contributed by atoms with Gasteiger partial charge in [-0.3, -0.25) is 0 Å². The molecule has 0 N–H and O–H groups in total. The number of hydrogen-bond donors (Lipinski definition) is 0. The Morgan fingerprint density at radius 2 is 1.83 bits per heavy atom. The van der Waals surface area contributed by atoms with Crippen LogP contribution in [0.1, 0.15) is 5.56 Å². The van der Waals surface area contributed by atoms with Crippen LogP contribution in [0, 0.1) is 0 Å². The Morgan fingerprint density at radius 1 is 0.889 bits per heavy atom. The van der Waals surface area contributed by atoms with E-state index in [1.165, 1.54) is 22.0 Å². The quantitative estimate of drug-likeness (QED) is 0.620. The van der Waals surface area contributed by atoms with Crippen molar-refractivity contribution in [3.05, 3.63) is 72.3 Å². The molecule has 0 radical (unpaired) electrons. The van der Waals surface area contributed by atoms with Gasteiger partial charge in [-0.1, -0.05) is 54.4 Å². The van der Waals surface area contributed by atoms with Crippen molar-refractivity contribution in [2.75, 3.05) is 4.81 Å². The van der Waals surface area contributed by atoms with Gasteiger partial charge in [0.25, 0.3) is 0 Å². The zero-order valence-corrected chi connectivity index (χ0v) is 9.95. The Hall–Kier alpha value is -2.22. The molecule has 2 aliphatic heterocycles. The van der Waals surface area contributed by atoms with Crippen molar-refractivity contribution in [1.29, 1.82) is 0 Å². The highest BCUT2D eigenvalue weighted by Crippen LogP contribution is 2.34. The smallest absolute Gasteiger partial charge is 0.312 e. The predicted octanol–water partition coefficient (Wildman–Crippen LogP) is 3.83. The monoisotopic (exact) mass is 229 g/mol. The van der Waals surface area contributed by atoms with Crippen LogP contribution in [0.2, 0.25) is 0 Å². The summed E-state index contributed by atoms with van der Waals surface area (Å²) in [5.41, 5.74) is 2.62. The van der Waals surface area contributed by atoms with E-state index >= 15 is 0 Å². The molecular formula is C16H12BN. The third kappa shape index (κ3) is 1.29. The molecule has 2 aromatic rings. The molecule has 0 unspecified atom stereocenters. The number of rotatable bonds is 0. The molecule has 0 spiro atoms. The second-order valence-electron chi connectivity index (χ2n) is 4.70. The summed E-state index contributed by atoms with van der Waals surface area (Å²) in [4.78, 5) is 2.32. The van der Waals surface area contributed by atoms with E-state index < -0.39 is 0 Å². The number of hydrogen-bond acceptors (Lipinski definition) is 1. The Bertz CT molecular complexity index is 712. The first kappa shape index (κ1) is 9.78. The van der Waals surface area contributed by atoms with E-state index in [9.17, 15) is 0 Å². The minimum Gasteiger partial charge on any atom is -0.383 e. The number of nitrogens with zero attached hydrogens (tertiary/aromatic N) is 1. The van der Waals surface area contributed by atoms with E-state index in [0.717, 1.165) is 0 Å². The molecule has 0 saturated carbocycles. The molecule has 0 aromatic heterocycles. The Morgan fingerprint density at radius 3 is 2.83 bits per heavy atom. The van der Waals surface area contributed by atoms with Crippen LogP contribution < -0.4 is 4.81 Å². The van der Waals surface area contributed by atoms with Gasteiger partial charge < -0.3 is 4.81 Å². The fourth-order valence-electron chi connectivity index (χ4n) is 2.79. The van der Waals surface area contributed by atoms with Crippen molar-refractivity contribution < 1.29 is 0 Å².